The summed E-state index contributed by atoms with van der Waals surface area (Å²) in [5.41, 5.74) is 1.10. The van der Waals surface area contributed by atoms with E-state index in [4.69, 9.17) is 4.74 Å². The fourth-order valence-electron chi connectivity index (χ4n) is 2.66. The quantitative estimate of drug-likeness (QED) is 0.500. The molecule has 0 radical (unpaired) electrons. The summed E-state index contributed by atoms with van der Waals surface area (Å²) in [7, 11) is 1.32. The number of halogens is 1. The normalized spacial score (nSPS) is 12.9. The van der Waals surface area contributed by atoms with E-state index < -0.39 is 12.1 Å². The van der Waals surface area contributed by atoms with E-state index in [9.17, 15) is 19.8 Å². The summed E-state index contributed by atoms with van der Waals surface area (Å²) in [4.78, 5) is 26.0. The van der Waals surface area contributed by atoms with Gasteiger partial charge in [-0.15, -0.1) is 12.4 Å². The Balaban J connectivity index is 0.00000364. The lowest BCUT2D eigenvalue weighted by molar-refractivity contribution is -0.141. The molecule has 27 heavy (non-hydrogen) atoms. The van der Waals surface area contributed by atoms with Crippen LogP contribution in [0.2, 0.25) is 0 Å². The second kappa shape index (κ2) is 10.1. The summed E-state index contributed by atoms with van der Waals surface area (Å²) in [6.45, 7) is 3.94. The lowest BCUT2D eigenvalue weighted by Crippen LogP contribution is -2.32. The van der Waals surface area contributed by atoms with E-state index in [0.29, 0.717) is 16.5 Å². The number of carbonyl (C=O) groups excluding carboxylic acids is 2. The first-order valence-electron chi connectivity index (χ1n) is 8.37. The zero-order chi connectivity index (χ0) is 19.3. The third kappa shape index (κ3) is 5.59. The molecular weight excluding hydrogens is 376 g/mol. The molecule has 8 nitrogen and oxygen atoms in total. The molecule has 1 heterocycles. The molecule has 0 fully saturated rings. The highest BCUT2D eigenvalue weighted by atomic mass is 35.5. The predicted octanol–water partition coefficient (Wildman–Crippen LogP) is 2.05. The van der Waals surface area contributed by atoms with Gasteiger partial charge in [-0.2, -0.15) is 0 Å². The molecule has 9 heteroatoms. The van der Waals surface area contributed by atoms with E-state index in [1.54, 1.807) is 19.1 Å². The topological polar surface area (TPSA) is 121 Å². The van der Waals surface area contributed by atoms with Gasteiger partial charge in [-0.25, -0.2) is 4.79 Å². The van der Waals surface area contributed by atoms with Crippen LogP contribution in [0.15, 0.2) is 18.2 Å². The minimum atomic E-state index is -0.899. The third-order valence-electron chi connectivity index (χ3n) is 4.02. The van der Waals surface area contributed by atoms with Gasteiger partial charge < -0.3 is 30.0 Å². The molecule has 0 amide bonds. The van der Waals surface area contributed by atoms with Crippen molar-refractivity contribution < 1.29 is 29.3 Å². The van der Waals surface area contributed by atoms with Crippen LogP contribution in [0.3, 0.4) is 0 Å². The zero-order valence-corrected chi connectivity index (χ0v) is 16.3. The molecule has 1 aromatic carbocycles. The number of ether oxygens (including phenoxy) is 2. The number of nitrogens with one attached hydrogen (secondary N) is 2. The van der Waals surface area contributed by atoms with E-state index in [0.717, 1.165) is 0 Å². The van der Waals surface area contributed by atoms with Gasteiger partial charge in [0.15, 0.2) is 0 Å². The summed E-state index contributed by atoms with van der Waals surface area (Å²) < 4.78 is 9.56. The zero-order valence-electron chi connectivity index (χ0n) is 15.4. The second-order valence-corrected chi connectivity index (χ2v) is 5.97. The molecule has 2 rings (SSSR count). The van der Waals surface area contributed by atoms with Crippen LogP contribution < -0.4 is 5.32 Å². The molecule has 4 N–H and O–H groups in total. The number of aliphatic hydroxyl groups excluding tert-OH is 1. The number of carbonyl (C=O) groups is 2. The Bertz CT molecular complexity index is 791. The van der Waals surface area contributed by atoms with Crippen molar-refractivity contribution in [2.75, 3.05) is 20.3 Å². The summed E-state index contributed by atoms with van der Waals surface area (Å²) in [6.07, 6.45) is -0.713. The Morgan fingerprint density at radius 1 is 1.33 bits per heavy atom. The van der Waals surface area contributed by atoms with Gasteiger partial charge in [0, 0.05) is 18.0 Å². The van der Waals surface area contributed by atoms with Crippen molar-refractivity contribution in [2.24, 2.45) is 0 Å². The van der Waals surface area contributed by atoms with Crippen molar-refractivity contribution in [1.82, 2.24) is 10.3 Å². The highest BCUT2D eigenvalue weighted by Gasteiger charge is 2.19. The number of aliphatic hydroxyl groups is 1. The van der Waals surface area contributed by atoms with Crippen LogP contribution in [0.4, 0.5) is 0 Å². The number of rotatable bonds is 8. The van der Waals surface area contributed by atoms with Crippen LogP contribution in [-0.2, 0) is 14.3 Å². The van der Waals surface area contributed by atoms with Gasteiger partial charge in [-0.3, -0.25) is 4.79 Å². The fraction of sp³-hybridized carbons (Fsp3) is 0.444. The molecule has 0 aliphatic heterocycles. The monoisotopic (exact) mass is 400 g/mol. The number of esters is 2. The van der Waals surface area contributed by atoms with Crippen molar-refractivity contribution in [3.8, 4) is 5.75 Å². The van der Waals surface area contributed by atoms with Crippen molar-refractivity contribution >= 4 is 35.2 Å². The third-order valence-corrected chi connectivity index (χ3v) is 4.02. The van der Waals surface area contributed by atoms with E-state index in [1.165, 1.54) is 13.2 Å². The first kappa shape index (κ1) is 22.8. The Hall–Kier alpha value is -2.29. The number of phenolic OH excluding ortho intramolecular Hbond substituents is 1. The highest BCUT2D eigenvalue weighted by Crippen LogP contribution is 2.31. The van der Waals surface area contributed by atoms with Gasteiger partial charge in [0.2, 0.25) is 0 Å². The van der Waals surface area contributed by atoms with E-state index >= 15 is 0 Å². The molecule has 0 saturated heterocycles. The standard InChI is InChI=1S/C18H24N2O6.ClH/c1-4-26-18(24)13-8-12-11(5-6-14(21)17(12)20-13)15(22)9-19-10(2)7-16(23)25-3;/h5-6,8,10,15,19-22H,4,7,9H2,1-3H3;1H. The highest BCUT2D eigenvalue weighted by molar-refractivity contribution is 5.98. The number of aromatic nitrogens is 1. The smallest absolute Gasteiger partial charge is 0.354 e. The average Bonchev–Trinajstić information content (AvgIpc) is 3.06. The Kier molecular flexibility index (Phi) is 8.55. The predicted molar refractivity (Wildman–Crippen MR) is 102 cm³/mol. The van der Waals surface area contributed by atoms with Crippen LogP contribution >= 0.6 is 12.4 Å². The Morgan fingerprint density at radius 3 is 2.67 bits per heavy atom. The number of benzene rings is 1. The number of aromatic hydroxyl groups is 1. The summed E-state index contributed by atoms with van der Waals surface area (Å²) in [5, 5.41) is 24.1. The van der Waals surface area contributed by atoms with Crippen molar-refractivity contribution in [3.05, 3.63) is 29.5 Å². The molecule has 0 bridgehead atoms. The van der Waals surface area contributed by atoms with Gasteiger partial charge in [-0.05, 0) is 31.5 Å². The summed E-state index contributed by atoms with van der Waals surface area (Å²) >= 11 is 0. The van der Waals surface area contributed by atoms with Crippen LogP contribution in [-0.4, -0.2) is 53.4 Å². The van der Waals surface area contributed by atoms with Gasteiger partial charge in [0.25, 0.3) is 0 Å². The molecule has 150 valence electrons. The van der Waals surface area contributed by atoms with Crippen LogP contribution in [0.1, 0.15) is 42.4 Å². The molecular formula is C18H25ClN2O6. The number of H-pyrrole nitrogens is 1. The Labute approximate surface area is 163 Å². The van der Waals surface area contributed by atoms with Crippen molar-refractivity contribution in [3.63, 3.8) is 0 Å². The maximum Gasteiger partial charge on any atom is 0.354 e. The van der Waals surface area contributed by atoms with Gasteiger partial charge >= 0.3 is 11.9 Å². The first-order valence-corrected chi connectivity index (χ1v) is 8.37. The molecule has 2 aromatic rings. The number of aromatic amines is 1. The van der Waals surface area contributed by atoms with Crippen LogP contribution in [0.25, 0.3) is 10.9 Å². The van der Waals surface area contributed by atoms with Crippen molar-refractivity contribution in [1.29, 1.82) is 0 Å². The fourth-order valence-corrected chi connectivity index (χ4v) is 2.66. The lowest BCUT2D eigenvalue weighted by atomic mass is 10.0. The molecule has 0 aliphatic carbocycles. The Morgan fingerprint density at radius 2 is 2.04 bits per heavy atom. The minimum Gasteiger partial charge on any atom is -0.506 e. The molecule has 2 unspecified atom stereocenters. The van der Waals surface area contributed by atoms with E-state index in [-0.39, 0.29) is 55.4 Å². The number of hydrogen-bond acceptors (Lipinski definition) is 7. The molecule has 0 aliphatic rings. The average molecular weight is 401 g/mol. The largest absolute Gasteiger partial charge is 0.506 e. The van der Waals surface area contributed by atoms with Gasteiger partial charge in [-0.1, -0.05) is 6.07 Å². The number of hydrogen-bond donors (Lipinski definition) is 4. The van der Waals surface area contributed by atoms with Gasteiger partial charge in [0.1, 0.15) is 11.4 Å². The number of fused-ring (bicyclic) bond motifs is 1. The summed E-state index contributed by atoms with van der Waals surface area (Å²) in [6, 6.07) is 4.41. The van der Waals surface area contributed by atoms with Gasteiger partial charge in [0.05, 0.1) is 31.8 Å². The number of methoxy groups -OCH3 is 1. The second-order valence-electron chi connectivity index (χ2n) is 5.97. The molecule has 0 saturated carbocycles. The molecule has 0 spiro atoms. The first-order chi connectivity index (χ1) is 12.4. The van der Waals surface area contributed by atoms with E-state index in [1.807, 2.05) is 6.92 Å². The van der Waals surface area contributed by atoms with E-state index in [2.05, 4.69) is 15.0 Å². The van der Waals surface area contributed by atoms with Crippen LogP contribution in [0.5, 0.6) is 5.75 Å². The van der Waals surface area contributed by atoms with Crippen LogP contribution in [0, 0.1) is 0 Å². The molecule has 1 aromatic heterocycles. The summed E-state index contributed by atoms with van der Waals surface area (Å²) in [5.74, 6) is -0.900. The maximum atomic E-state index is 11.9. The SMILES string of the molecule is CCOC(=O)c1cc2c(C(O)CNC(C)CC(=O)OC)ccc(O)c2[nH]1.Cl. The molecule has 2 atom stereocenters. The minimum absolute atomic E-state index is 0. The lowest BCUT2D eigenvalue weighted by Gasteiger charge is -2.17. The number of phenols is 1. The maximum absolute atomic E-state index is 11.9. The van der Waals surface area contributed by atoms with Crippen molar-refractivity contribution in [2.45, 2.75) is 32.4 Å².